The number of rotatable bonds is 5. The Morgan fingerprint density at radius 2 is 1.96 bits per heavy atom. The molecule has 120 valence electrons. The maximum atomic E-state index is 12.5. The Bertz CT molecular complexity index is 849. The van der Waals surface area contributed by atoms with Crippen LogP contribution in [0, 0.1) is 3.70 Å². The van der Waals surface area contributed by atoms with E-state index in [1.54, 1.807) is 48.7 Å². The van der Waals surface area contributed by atoms with Crippen molar-refractivity contribution in [2.24, 2.45) is 0 Å². The SMILES string of the molecule is O=S(=O)(Nc1cccnc1[I-]C1=CC=CNC1)c1ccccc1. The Hall–Kier alpha value is -1.87. The van der Waals surface area contributed by atoms with E-state index in [2.05, 4.69) is 21.1 Å². The van der Waals surface area contributed by atoms with Crippen molar-refractivity contribution in [3.8, 4) is 0 Å². The van der Waals surface area contributed by atoms with E-state index >= 15 is 0 Å². The van der Waals surface area contributed by atoms with Crippen LogP contribution in [0.4, 0.5) is 5.69 Å². The van der Waals surface area contributed by atoms with Gasteiger partial charge in [0.05, 0.1) is 0 Å². The van der Waals surface area contributed by atoms with Crippen molar-refractivity contribution >= 4 is 15.7 Å². The van der Waals surface area contributed by atoms with Gasteiger partial charge in [0.25, 0.3) is 0 Å². The third kappa shape index (κ3) is 4.11. The summed E-state index contributed by atoms with van der Waals surface area (Å²) in [6, 6.07) is 11.8. The number of hydrogen-bond acceptors (Lipinski definition) is 4. The molecule has 2 heterocycles. The summed E-state index contributed by atoms with van der Waals surface area (Å²) < 4.78 is 29.7. The summed E-state index contributed by atoms with van der Waals surface area (Å²) in [5.74, 6) is 0. The molecule has 0 spiro atoms. The standard InChI is InChI=1S/C16H15IN3O2S/c21-23(22,14-7-2-1-3-8-14)20-15-9-5-11-19-16(15)17-13-6-4-10-18-12-13/h1-11,18,20H,12H2/q-1. The predicted octanol–water partition coefficient (Wildman–Crippen LogP) is -0.858. The Morgan fingerprint density at radius 1 is 1.13 bits per heavy atom. The Morgan fingerprint density at radius 3 is 2.70 bits per heavy atom. The van der Waals surface area contributed by atoms with Gasteiger partial charge >= 0.3 is 146 Å². The van der Waals surface area contributed by atoms with E-state index in [-0.39, 0.29) is 4.90 Å². The summed E-state index contributed by atoms with van der Waals surface area (Å²) in [6.07, 6.45) is 7.61. The van der Waals surface area contributed by atoms with Crippen molar-refractivity contribution in [2.45, 2.75) is 4.90 Å². The van der Waals surface area contributed by atoms with Gasteiger partial charge in [-0.1, -0.05) is 0 Å². The van der Waals surface area contributed by atoms with Crippen LogP contribution < -0.4 is 31.2 Å². The Labute approximate surface area is 145 Å². The average Bonchev–Trinajstić information content (AvgIpc) is 2.58. The summed E-state index contributed by atoms with van der Waals surface area (Å²) in [5.41, 5.74) is 0.555. The molecule has 0 amide bonds. The fourth-order valence-electron chi connectivity index (χ4n) is 1.96. The fraction of sp³-hybridized carbons (Fsp3) is 0.0625. The summed E-state index contributed by atoms with van der Waals surface area (Å²) in [7, 11) is -3.60. The first-order valence-corrected chi connectivity index (χ1v) is 10.6. The summed E-state index contributed by atoms with van der Waals surface area (Å²) in [6.45, 7) is 0.783. The molecule has 0 aliphatic carbocycles. The Kier molecular flexibility index (Phi) is 4.97. The van der Waals surface area contributed by atoms with Crippen molar-refractivity contribution in [3.63, 3.8) is 0 Å². The summed E-state index contributed by atoms with van der Waals surface area (Å²) in [5, 5.41) is 3.16. The third-order valence-corrected chi connectivity index (χ3v) is 7.22. The molecule has 5 nitrogen and oxygen atoms in total. The molecule has 1 aromatic carbocycles. The zero-order chi connectivity index (χ0) is 16.1. The number of pyridine rings is 1. The minimum atomic E-state index is -3.60. The predicted molar refractivity (Wildman–Crippen MR) is 85.4 cm³/mol. The van der Waals surface area contributed by atoms with Crippen LogP contribution in [-0.4, -0.2) is 19.9 Å². The van der Waals surface area contributed by atoms with Gasteiger partial charge in [-0.25, -0.2) is 0 Å². The zero-order valence-electron chi connectivity index (χ0n) is 12.1. The number of nitrogens with zero attached hydrogens (tertiary/aromatic N) is 1. The number of benzene rings is 1. The van der Waals surface area contributed by atoms with Crippen LogP contribution >= 0.6 is 0 Å². The number of hydrogen-bond donors (Lipinski definition) is 2. The average molecular weight is 440 g/mol. The molecule has 0 atom stereocenters. The molecule has 23 heavy (non-hydrogen) atoms. The van der Waals surface area contributed by atoms with Crippen LogP contribution in [0.2, 0.25) is 0 Å². The zero-order valence-corrected chi connectivity index (χ0v) is 15.1. The second-order valence-corrected chi connectivity index (χ2v) is 9.34. The Balaban J connectivity index is 1.86. The van der Waals surface area contributed by atoms with Gasteiger partial charge in [-0.15, -0.1) is 0 Å². The van der Waals surface area contributed by atoms with E-state index in [0.29, 0.717) is 5.69 Å². The number of nitrogens with one attached hydrogen (secondary N) is 2. The number of sulfonamides is 1. The van der Waals surface area contributed by atoms with Crippen molar-refractivity contribution in [1.82, 2.24) is 10.3 Å². The van der Waals surface area contributed by atoms with Gasteiger partial charge in [-0.05, 0) is 0 Å². The topological polar surface area (TPSA) is 71.1 Å². The number of halogens is 1. The molecular formula is C16H15IN3O2S-. The number of allylic oxidation sites excluding steroid dienone is 2. The first-order valence-electron chi connectivity index (χ1n) is 6.92. The second kappa shape index (κ2) is 7.14. The molecule has 0 unspecified atom stereocenters. The van der Waals surface area contributed by atoms with E-state index in [4.69, 9.17) is 0 Å². The van der Waals surface area contributed by atoms with E-state index in [1.165, 1.54) is 3.58 Å². The molecular weight excluding hydrogens is 425 g/mol. The van der Waals surface area contributed by atoms with Crippen LogP contribution in [0.1, 0.15) is 0 Å². The first-order chi connectivity index (χ1) is 11.1. The van der Waals surface area contributed by atoms with Gasteiger partial charge in [-0.2, -0.15) is 0 Å². The van der Waals surface area contributed by atoms with Gasteiger partial charge in [0.1, 0.15) is 0 Å². The molecule has 7 heteroatoms. The number of dihydropyridines is 1. The van der Waals surface area contributed by atoms with Crippen LogP contribution in [0.15, 0.2) is 75.5 Å². The molecule has 2 aromatic rings. The number of aromatic nitrogens is 1. The molecule has 0 fully saturated rings. The fourth-order valence-corrected chi connectivity index (χ4v) is 5.59. The third-order valence-electron chi connectivity index (χ3n) is 3.03. The van der Waals surface area contributed by atoms with E-state index < -0.39 is 31.2 Å². The van der Waals surface area contributed by atoms with E-state index in [9.17, 15) is 8.42 Å². The molecule has 1 aliphatic rings. The molecule has 0 saturated carbocycles. The molecule has 1 aliphatic heterocycles. The number of anilines is 1. The van der Waals surface area contributed by atoms with Crippen molar-refractivity contribution in [2.75, 3.05) is 11.3 Å². The molecule has 0 radical (unpaired) electrons. The van der Waals surface area contributed by atoms with Crippen molar-refractivity contribution in [1.29, 1.82) is 0 Å². The van der Waals surface area contributed by atoms with E-state index in [0.717, 1.165) is 10.2 Å². The molecule has 1 aromatic heterocycles. The summed E-state index contributed by atoms with van der Waals surface area (Å²) >= 11 is -0.532. The quantitative estimate of drug-likeness (QED) is 0.469. The van der Waals surface area contributed by atoms with Gasteiger partial charge in [0.2, 0.25) is 0 Å². The maximum absolute atomic E-state index is 12.5. The first kappa shape index (κ1) is 16.0. The van der Waals surface area contributed by atoms with Gasteiger partial charge in [0, 0.05) is 0 Å². The van der Waals surface area contributed by atoms with Crippen LogP contribution in [0.3, 0.4) is 0 Å². The summed E-state index contributed by atoms with van der Waals surface area (Å²) in [4.78, 5) is 4.62. The second-order valence-electron chi connectivity index (χ2n) is 4.71. The minimum absolute atomic E-state index is 0.245. The monoisotopic (exact) mass is 440 g/mol. The van der Waals surface area contributed by atoms with Crippen molar-refractivity contribution in [3.05, 3.63) is 74.3 Å². The van der Waals surface area contributed by atoms with Crippen LogP contribution in [0.5, 0.6) is 0 Å². The van der Waals surface area contributed by atoms with Crippen LogP contribution in [-0.2, 0) is 10.0 Å². The normalized spacial score (nSPS) is 14.2. The molecule has 0 bridgehead atoms. The molecule has 3 rings (SSSR count). The van der Waals surface area contributed by atoms with Crippen LogP contribution in [0.25, 0.3) is 0 Å². The molecule has 0 saturated heterocycles. The van der Waals surface area contributed by atoms with Gasteiger partial charge in [-0.3, -0.25) is 0 Å². The van der Waals surface area contributed by atoms with E-state index in [1.807, 2.05) is 12.3 Å². The van der Waals surface area contributed by atoms with Gasteiger partial charge < -0.3 is 0 Å². The molecule has 2 N–H and O–H groups in total. The van der Waals surface area contributed by atoms with Crippen molar-refractivity contribution < 1.29 is 29.6 Å². The van der Waals surface area contributed by atoms with Gasteiger partial charge in [0.15, 0.2) is 0 Å².